The van der Waals surface area contributed by atoms with Crippen molar-refractivity contribution in [2.24, 2.45) is 11.7 Å². The minimum atomic E-state index is 0.166. The molecule has 2 aromatic carbocycles. The molecule has 2 bridgehead atoms. The smallest absolute Gasteiger partial charge is 0.115 e. The summed E-state index contributed by atoms with van der Waals surface area (Å²) in [4.78, 5) is 0. The Morgan fingerprint density at radius 3 is 2.64 bits per heavy atom. The first-order chi connectivity index (χ1) is 12.2. The van der Waals surface area contributed by atoms with Gasteiger partial charge in [0.1, 0.15) is 5.75 Å². The Bertz CT molecular complexity index is 765. The fourth-order valence-electron chi connectivity index (χ4n) is 4.66. The summed E-state index contributed by atoms with van der Waals surface area (Å²) < 4.78 is 0. The summed E-state index contributed by atoms with van der Waals surface area (Å²) in [6.07, 6.45) is 9.17. The molecule has 3 N–H and O–H groups in total. The van der Waals surface area contributed by atoms with Crippen LogP contribution in [0.1, 0.15) is 54.7 Å². The second-order valence-corrected chi connectivity index (χ2v) is 7.62. The van der Waals surface area contributed by atoms with Crippen LogP contribution in [-0.4, -0.2) is 11.1 Å². The first-order valence-electron chi connectivity index (χ1n) is 9.54. The Morgan fingerprint density at radius 1 is 0.960 bits per heavy atom. The molecule has 4 rings (SSSR count). The van der Waals surface area contributed by atoms with Gasteiger partial charge in [-0.3, -0.25) is 0 Å². The Hall–Kier alpha value is -2.06. The summed E-state index contributed by atoms with van der Waals surface area (Å²) in [5, 5.41) is 9.94. The molecular weight excluding hydrogens is 306 g/mol. The highest BCUT2D eigenvalue weighted by Crippen LogP contribution is 2.42. The zero-order valence-corrected chi connectivity index (χ0v) is 14.7. The zero-order valence-electron chi connectivity index (χ0n) is 14.7. The number of nitrogens with two attached hydrogens (primary N) is 1. The van der Waals surface area contributed by atoms with Crippen molar-refractivity contribution < 1.29 is 5.11 Å². The van der Waals surface area contributed by atoms with Crippen LogP contribution in [0.4, 0.5) is 0 Å². The van der Waals surface area contributed by atoms with Gasteiger partial charge in [0.15, 0.2) is 0 Å². The number of rotatable bonds is 1. The van der Waals surface area contributed by atoms with E-state index in [1.807, 2.05) is 12.1 Å². The average Bonchev–Trinajstić information content (AvgIpc) is 2.63. The number of aromatic hydroxyl groups is 1. The van der Waals surface area contributed by atoms with E-state index in [0.29, 0.717) is 17.6 Å². The number of allylic oxidation sites excluding steroid dienone is 2. The average molecular weight is 333 g/mol. The van der Waals surface area contributed by atoms with E-state index < -0.39 is 0 Å². The molecule has 2 aliphatic carbocycles. The van der Waals surface area contributed by atoms with Gasteiger partial charge in [-0.15, -0.1) is 0 Å². The number of hydrogen-bond acceptors (Lipinski definition) is 2. The molecule has 3 unspecified atom stereocenters. The lowest BCUT2D eigenvalue weighted by molar-refractivity contribution is 0.324. The van der Waals surface area contributed by atoms with Crippen LogP contribution in [0.5, 0.6) is 5.75 Å². The molecule has 25 heavy (non-hydrogen) atoms. The lowest BCUT2D eigenvalue weighted by Crippen LogP contribution is -2.41. The highest BCUT2D eigenvalue weighted by molar-refractivity contribution is 5.66. The molecule has 2 aliphatic rings. The van der Waals surface area contributed by atoms with Gasteiger partial charge in [-0.1, -0.05) is 48.9 Å². The summed E-state index contributed by atoms with van der Waals surface area (Å²) in [5.74, 6) is 1.20. The van der Waals surface area contributed by atoms with Crippen molar-refractivity contribution >= 4 is 5.57 Å². The standard InChI is InChI=1S/C23H27NO/c24-23-19-13-17(16-7-3-1-4-8-16)9-5-2-6-10-21(23)22-15-20(25)12-11-18(22)14-19/h1,3-4,7-9,11-12,15,19,21,23,25H,2,5-6,10,13-14,24H2/b17-9+. The maximum Gasteiger partial charge on any atom is 0.115 e. The molecule has 0 fully saturated rings. The number of fused-ring (bicyclic) bond motifs is 4. The summed E-state index contributed by atoms with van der Waals surface area (Å²) in [7, 11) is 0. The Kier molecular flexibility index (Phi) is 4.63. The number of phenolic OH excluding ortho intramolecular Hbond substituents is 1. The number of hydrogen-bond donors (Lipinski definition) is 2. The Balaban J connectivity index is 1.70. The van der Waals surface area contributed by atoms with E-state index in [1.54, 1.807) is 0 Å². The van der Waals surface area contributed by atoms with Crippen molar-refractivity contribution in [3.63, 3.8) is 0 Å². The topological polar surface area (TPSA) is 46.2 Å². The van der Waals surface area contributed by atoms with Gasteiger partial charge in [0.25, 0.3) is 0 Å². The molecule has 2 nitrogen and oxygen atoms in total. The monoisotopic (exact) mass is 333 g/mol. The van der Waals surface area contributed by atoms with Gasteiger partial charge >= 0.3 is 0 Å². The summed E-state index contributed by atoms with van der Waals surface area (Å²) in [6, 6.07) is 16.8. The van der Waals surface area contributed by atoms with Gasteiger partial charge in [0.05, 0.1) is 0 Å². The third-order valence-electron chi connectivity index (χ3n) is 6.01. The fraction of sp³-hybridized carbons (Fsp3) is 0.391. The van der Waals surface area contributed by atoms with E-state index in [-0.39, 0.29) is 6.04 Å². The molecule has 0 spiro atoms. The van der Waals surface area contributed by atoms with Gasteiger partial charge in [-0.25, -0.2) is 0 Å². The van der Waals surface area contributed by atoms with Crippen molar-refractivity contribution in [3.05, 3.63) is 71.3 Å². The minimum Gasteiger partial charge on any atom is -0.508 e. The second kappa shape index (κ2) is 7.05. The molecular formula is C23H27NO. The van der Waals surface area contributed by atoms with Crippen LogP contribution in [0.15, 0.2) is 54.6 Å². The first kappa shape index (κ1) is 16.4. The van der Waals surface area contributed by atoms with Crippen molar-refractivity contribution in [2.75, 3.05) is 0 Å². The van der Waals surface area contributed by atoms with Gasteiger partial charge in [0, 0.05) is 6.04 Å². The largest absolute Gasteiger partial charge is 0.508 e. The summed E-state index contributed by atoms with van der Waals surface area (Å²) in [6.45, 7) is 0. The molecule has 0 radical (unpaired) electrons. The molecule has 3 atom stereocenters. The molecule has 0 aliphatic heterocycles. The van der Waals surface area contributed by atoms with Crippen LogP contribution in [0.25, 0.3) is 5.57 Å². The Morgan fingerprint density at radius 2 is 1.80 bits per heavy atom. The van der Waals surface area contributed by atoms with E-state index in [0.717, 1.165) is 25.7 Å². The third kappa shape index (κ3) is 3.36. The van der Waals surface area contributed by atoms with E-state index in [4.69, 9.17) is 5.73 Å². The predicted octanol–water partition coefficient (Wildman–Crippen LogP) is 5.02. The van der Waals surface area contributed by atoms with Crippen LogP contribution in [0.3, 0.4) is 0 Å². The summed E-state index contributed by atoms with van der Waals surface area (Å²) in [5.41, 5.74) is 12.2. The van der Waals surface area contributed by atoms with Crippen LogP contribution in [0.2, 0.25) is 0 Å². The fourth-order valence-corrected chi connectivity index (χ4v) is 4.66. The number of phenols is 1. The van der Waals surface area contributed by atoms with E-state index >= 15 is 0 Å². The molecule has 0 heterocycles. The van der Waals surface area contributed by atoms with Crippen LogP contribution < -0.4 is 5.73 Å². The minimum absolute atomic E-state index is 0.166. The van der Waals surface area contributed by atoms with E-state index in [9.17, 15) is 5.11 Å². The van der Waals surface area contributed by atoms with E-state index in [2.05, 4.69) is 42.5 Å². The normalized spacial score (nSPS) is 28.5. The molecule has 2 aromatic rings. The SMILES string of the molecule is NC1C2C/C(c3ccccc3)=C\CCCCC1c1cc(O)ccc1C2. The van der Waals surface area contributed by atoms with Crippen LogP contribution in [-0.2, 0) is 6.42 Å². The van der Waals surface area contributed by atoms with Crippen LogP contribution in [0, 0.1) is 5.92 Å². The first-order valence-corrected chi connectivity index (χ1v) is 9.54. The number of benzene rings is 2. The summed E-state index contributed by atoms with van der Waals surface area (Å²) >= 11 is 0. The molecule has 0 aromatic heterocycles. The highest BCUT2D eigenvalue weighted by Gasteiger charge is 2.34. The van der Waals surface area contributed by atoms with Gasteiger partial charge < -0.3 is 10.8 Å². The molecule has 0 saturated carbocycles. The van der Waals surface area contributed by atoms with Crippen LogP contribution >= 0.6 is 0 Å². The lowest BCUT2D eigenvalue weighted by Gasteiger charge is -2.39. The molecule has 0 amide bonds. The van der Waals surface area contributed by atoms with Crippen molar-refractivity contribution in [1.29, 1.82) is 0 Å². The van der Waals surface area contributed by atoms with Crippen molar-refractivity contribution in [1.82, 2.24) is 0 Å². The molecule has 2 heteroatoms. The van der Waals surface area contributed by atoms with Crippen molar-refractivity contribution in [2.45, 2.75) is 50.5 Å². The maximum atomic E-state index is 9.94. The quantitative estimate of drug-likeness (QED) is 0.769. The predicted molar refractivity (Wildman–Crippen MR) is 104 cm³/mol. The second-order valence-electron chi connectivity index (χ2n) is 7.62. The highest BCUT2D eigenvalue weighted by atomic mass is 16.3. The van der Waals surface area contributed by atoms with Gasteiger partial charge in [0.2, 0.25) is 0 Å². The van der Waals surface area contributed by atoms with Crippen molar-refractivity contribution in [3.8, 4) is 5.75 Å². The maximum absolute atomic E-state index is 9.94. The zero-order chi connectivity index (χ0) is 17.2. The third-order valence-corrected chi connectivity index (χ3v) is 6.01. The van der Waals surface area contributed by atoms with Gasteiger partial charge in [-0.05, 0) is 78.3 Å². The van der Waals surface area contributed by atoms with Gasteiger partial charge in [-0.2, -0.15) is 0 Å². The molecule has 0 saturated heterocycles. The van der Waals surface area contributed by atoms with E-state index in [1.165, 1.54) is 35.1 Å². The lowest BCUT2D eigenvalue weighted by atomic mass is 9.69. The molecule has 130 valence electrons. The Labute approximate surface area is 150 Å².